The lowest BCUT2D eigenvalue weighted by Crippen LogP contribution is -2.36. The van der Waals surface area contributed by atoms with E-state index in [0.717, 1.165) is 30.5 Å². The monoisotopic (exact) mass is 285 g/mol. The molecule has 3 nitrogen and oxygen atoms in total. The van der Waals surface area contributed by atoms with Crippen LogP contribution in [0.3, 0.4) is 0 Å². The van der Waals surface area contributed by atoms with Crippen molar-refractivity contribution in [1.29, 1.82) is 0 Å². The van der Waals surface area contributed by atoms with E-state index in [4.69, 9.17) is 4.42 Å². The molecule has 0 saturated carbocycles. The lowest BCUT2D eigenvalue weighted by molar-refractivity contribution is 0.153. The zero-order valence-electron chi connectivity index (χ0n) is 12.9. The molecular weight excluding hydrogens is 262 g/mol. The second-order valence-electron chi connectivity index (χ2n) is 6.09. The van der Waals surface area contributed by atoms with Crippen molar-refractivity contribution in [2.45, 2.75) is 52.1 Å². The van der Waals surface area contributed by atoms with Crippen LogP contribution in [-0.4, -0.2) is 17.5 Å². The van der Waals surface area contributed by atoms with Crippen LogP contribution in [0, 0.1) is 0 Å². The number of likely N-dealkylation sites (tertiary alicyclic amines) is 1. The van der Waals surface area contributed by atoms with E-state index in [1.165, 1.54) is 24.8 Å². The van der Waals surface area contributed by atoms with Gasteiger partial charge in [-0.2, -0.15) is 0 Å². The second-order valence-corrected chi connectivity index (χ2v) is 6.09. The van der Waals surface area contributed by atoms with Gasteiger partial charge in [0.2, 0.25) is 0 Å². The van der Waals surface area contributed by atoms with E-state index in [9.17, 15) is 4.79 Å². The molecule has 1 aromatic heterocycles. The molecule has 1 aliphatic heterocycles. The maximum absolute atomic E-state index is 11.8. The molecule has 21 heavy (non-hydrogen) atoms. The summed E-state index contributed by atoms with van der Waals surface area (Å²) in [6.45, 7) is 6.39. The fourth-order valence-corrected chi connectivity index (χ4v) is 3.24. The van der Waals surface area contributed by atoms with Gasteiger partial charge >= 0.3 is 5.63 Å². The molecule has 3 heteroatoms. The van der Waals surface area contributed by atoms with Crippen molar-refractivity contribution in [1.82, 2.24) is 4.90 Å². The fourth-order valence-electron chi connectivity index (χ4n) is 3.24. The molecule has 2 aromatic rings. The Bertz CT molecular complexity index is 689. The minimum Gasteiger partial charge on any atom is -0.423 e. The van der Waals surface area contributed by atoms with E-state index in [-0.39, 0.29) is 5.63 Å². The maximum Gasteiger partial charge on any atom is 0.336 e. The van der Waals surface area contributed by atoms with Crippen LogP contribution in [0.15, 0.2) is 33.5 Å². The topological polar surface area (TPSA) is 33.5 Å². The highest BCUT2D eigenvalue weighted by atomic mass is 16.4. The lowest BCUT2D eigenvalue weighted by Gasteiger charge is -2.33. The first-order chi connectivity index (χ1) is 10.2. The molecule has 0 N–H and O–H groups in total. The summed E-state index contributed by atoms with van der Waals surface area (Å²) < 4.78 is 5.34. The van der Waals surface area contributed by atoms with Crippen molar-refractivity contribution in [3.05, 3.63) is 45.8 Å². The maximum atomic E-state index is 11.8. The van der Waals surface area contributed by atoms with E-state index in [1.807, 2.05) is 12.1 Å². The lowest BCUT2D eigenvalue weighted by atomic mass is 10.0. The molecule has 1 fully saturated rings. The normalized spacial score (nSPS) is 20.0. The van der Waals surface area contributed by atoms with Gasteiger partial charge in [-0.25, -0.2) is 4.79 Å². The summed E-state index contributed by atoms with van der Waals surface area (Å²) in [5.41, 5.74) is 2.85. The van der Waals surface area contributed by atoms with Crippen molar-refractivity contribution < 1.29 is 4.42 Å². The summed E-state index contributed by atoms with van der Waals surface area (Å²) in [5.74, 6) is 0. The van der Waals surface area contributed by atoms with E-state index >= 15 is 0 Å². The quantitative estimate of drug-likeness (QED) is 0.806. The van der Waals surface area contributed by atoms with Crippen molar-refractivity contribution in [3.8, 4) is 0 Å². The van der Waals surface area contributed by atoms with Crippen LogP contribution in [0.25, 0.3) is 11.0 Å². The molecular formula is C18H23NO2. The van der Waals surface area contributed by atoms with Crippen LogP contribution < -0.4 is 5.63 Å². The predicted molar refractivity (Wildman–Crippen MR) is 85.6 cm³/mol. The minimum atomic E-state index is -0.244. The zero-order valence-corrected chi connectivity index (χ0v) is 12.9. The SMILES string of the molecule is CCc1ccc2oc(=O)cc(CN3CCCC[C@@H]3C)c2c1. The minimum absolute atomic E-state index is 0.244. The van der Waals surface area contributed by atoms with E-state index in [2.05, 4.69) is 24.8 Å². The molecule has 1 saturated heterocycles. The second kappa shape index (κ2) is 6.02. The summed E-state index contributed by atoms with van der Waals surface area (Å²) >= 11 is 0. The Morgan fingerprint density at radius 2 is 2.14 bits per heavy atom. The van der Waals surface area contributed by atoms with Crippen molar-refractivity contribution in [2.24, 2.45) is 0 Å². The number of nitrogens with zero attached hydrogens (tertiary/aromatic N) is 1. The van der Waals surface area contributed by atoms with Gasteiger partial charge in [-0.15, -0.1) is 0 Å². The van der Waals surface area contributed by atoms with Gasteiger partial charge in [0, 0.05) is 24.0 Å². The summed E-state index contributed by atoms with van der Waals surface area (Å²) in [6, 6.07) is 8.40. The molecule has 1 aromatic carbocycles. The molecule has 0 spiro atoms. The van der Waals surface area contributed by atoms with Gasteiger partial charge in [-0.1, -0.05) is 19.4 Å². The smallest absolute Gasteiger partial charge is 0.336 e. The number of hydrogen-bond donors (Lipinski definition) is 0. The van der Waals surface area contributed by atoms with E-state index in [1.54, 1.807) is 6.07 Å². The number of hydrogen-bond acceptors (Lipinski definition) is 3. The summed E-state index contributed by atoms with van der Waals surface area (Å²) in [5, 5.41) is 1.09. The Hall–Kier alpha value is -1.61. The van der Waals surface area contributed by atoms with Crippen LogP contribution in [0.5, 0.6) is 0 Å². The third-order valence-corrected chi connectivity index (χ3v) is 4.61. The van der Waals surface area contributed by atoms with Crippen molar-refractivity contribution >= 4 is 11.0 Å². The Morgan fingerprint density at radius 1 is 1.29 bits per heavy atom. The Balaban J connectivity index is 2.01. The predicted octanol–water partition coefficient (Wildman–Crippen LogP) is 3.73. The number of benzene rings is 1. The Labute approximate surface area is 125 Å². The molecule has 0 bridgehead atoms. The van der Waals surface area contributed by atoms with Crippen molar-refractivity contribution in [2.75, 3.05) is 6.54 Å². The molecule has 1 aliphatic rings. The molecule has 0 radical (unpaired) electrons. The number of piperidine rings is 1. The Morgan fingerprint density at radius 3 is 2.90 bits per heavy atom. The van der Waals surface area contributed by atoms with Gasteiger partial charge in [0.05, 0.1) is 0 Å². The van der Waals surface area contributed by atoms with Crippen LogP contribution in [0.2, 0.25) is 0 Å². The summed E-state index contributed by atoms with van der Waals surface area (Å²) in [7, 11) is 0. The first-order valence-electron chi connectivity index (χ1n) is 7.97. The van der Waals surface area contributed by atoms with E-state index in [0.29, 0.717) is 11.6 Å². The third kappa shape index (κ3) is 3.03. The highest BCUT2D eigenvalue weighted by Gasteiger charge is 2.19. The Kier molecular flexibility index (Phi) is 4.11. The molecule has 112 valence electrons. The van der Waals surface area contributed by atoms with Crippen LogP contribution >= 0.6 is 0 Å². The summed E-state index contributed by atoms with van der Waals surface area (Å²) in [6.07, 6.45) is 4.81. The first-order valence-corrected chi connectivity index (χ1v) is 7.97. The van der Waals surface area contributed by atoms with Crippen LogP contribution in [0.1, 0.15) is 44.2 Å². The van der Waals surface area contributed by atoms with Crippen LogP contribution in [0.4, 0.5) is 0 Å². The van der Waals surface area contributed by atoms with Gasteiger partial charge in [-0.05, 0) is 56.0 Å². The van der Waals surface area contributed by atoms with Gasteiger partial charge in [0.15, 0.2) is 0 Å². The van der Waals surface area contributed by atoms with E-state index < -0.39 is 0 Å². The molecule has 1 atom stereocenters. The largest absolute Gasteiger partial charge is 0.423 e. The molecule has 0 aliphatic carbocycles. The molecule has 0 amide bonds. The first kappa shape index (κ1) is 14.3. The molecule has 0 unspecified atom stereocenters. The average Bonchev–Trinajstić information content (AvgIpc) is 2.49. The third-order valence-electron chi connectivity index (χ3n) is 4.61. The van der Waals surface area contributed by atoms with Crippen LogP contribution in [-0.2, 0) is 13.0 Å². The van der Waals surface area contributed by atoms with Gasteiger partial charge in [0.25, 0.3) is 0 Å². The average molecular weight is 285 g/mol. The van der Waals surface area contributed by atoms with Crippen molar-refractivity contribution in [3.63, 3.8) is 0 Å². The molecule has 3 rings (SSSR count). The van der Waals surface area contributed by atoms with Gasteiger partial charge in [0.1, 0.15) is 5.58 Å². The highest BCUT2D eigenvalue weighted by molar-refractivity contribution is 5.80. The number of fused-ring (bicyclic) bond motifs is 1. The fraction of sp³-hybridized carbons (Fsp3) is 0.500. The van der Waals surface area contributed by atoms with Gasteiger partial charge in [-0.3, -0.25) is 4.90 Å². The standard InChI is InChI=1S/C18H23NO2/c1-3-14-7-8-17-16(10-14)15(11-18(20)21-17)12-19-9-5-4-6-13(19)2/h7-8,10-11,13H,3-6,9,12H2,1-2H3/t13-/m0/s1. The summed E-state index contributed by atoms with van der Waals surface area (Å²) in [4.78, 5) is 14.3. The molecule has 2 heterocycles. The highest BCUT2D eigenvalue weighted by Crippen LogP contribution is 2.24. The number of aryl methyl sites for hydroxylation is 1. The van der Waals surface area contributed by atoms with Gasteiger partial charge < -0.3 is 4.42 Å². The number of rotatable bonds is 3. The zero-order chi connectivity index (χ0) is 14.8.